The first kappa shape index (κ1) is 14.6. The summed E-state index contributed by atoms with van der Waals surface area (Å²) in [6.45, 7) is 0. The van der Waals surface area contributed by atoms with Crippen LogP contribution in [-0.4, -0.2) is 0 Å². The summed E-state index contributed by atoms with van der Waals surface area (Å²) in [5.74, 6) is 0.522. The summed E-state index contributed by atoms with van der Waals surface area (Å²) >= 11 is 6.49. The monoisotopic (exact) mass is 332 g/mol. The quantitative estimate of drug-likeness (QED) is 0.702. The third kappa shape index (κ3) is 2.12. The van der Waals surface area contributed by atoms with Gasteiger partial charge >= 0.3 is 0 Å². The molecular weight excluding hydrogens is 320 g/mol. The van der Waals surface area contributed by atoms with Gasteiger partial charge in [0.05, 0.1) is 5.92 Å². The fourth-order valence-electron chi connectivity index (χ4n) is 3.23. The zero-order valence-corrected chi connectivity index (χ0v) is 13.4. The molecule has 1 atom stereocenters. The summed E-state index contributed by atoms with van der Waals surface area (Å²) in [4.78, 5) is 0. The Hall–Kier alpha value is -2.96. The number of benzene rings is 3. The Bertz CT molecular complexity index is 1020. The maximum atomic E-state index is 9.60. The van der Waals surface area contributed by atoms with Crippen molar-refractivity contribution in [2.24, 2.45) is 5.73 Å². The van der Waals surface area contributed by atoms with Crippen LogP contribution >= 0.6 is 11.6 Å². The van der Waals surface area contributed by atoms with Crippen molar-refractivity contribution >= 4 is 22.4 Å². The Labute approximate surface area is 144 Å². The van der Waals surface area contributed by atoms with E-state index in [2.05, 4.69) is 6.07 Å². The highest BCUT2D eigenvalue weighted by Gasteiger charge is 2.32. The summed E-state index contributed by atoms with van der Waals surface area (Å²) in [6.07, 6.45) is 0. The van der Waals surface area contributed by atoms with Crippen molar-refractivity contribution in [3.05, 3.63) is 88.3 Å². The molecule has 0 fully saturated rings. The van der Waals surface area contributed by atoms with E-state index < -0.39 is 0 Å². The SMILES string of the molecule is N#CC1=C(N)Oc2c(cc(Cl)c3ccccc23)C1c1ccccc1. The molecule has 1 heterocycles. The maximum Gasteiger partial charge on any atom is 0.205 e. The van der Waals surface area contributed by atoms with Crippen LogP contribution in [0.25, 0.3) is 10.8 Å². The number of hydrogen-bond donors (Lipinski definition) is 1. The molecule has 1 aliphatic rings. The fraction of sp³-hybridized carbons (Fsp3) is 0.0500. The Morgan fingerprint density at radius 3 is 2.38 bits per heavy atom. The van der Waals surface area contributed by atoms with Crippen molar-refractivity contribution in [2.45, 2.75) is 5.92 Å². The highest BCUT2D eigenvalue weighted by Crippen LogP contribution is 2.47. The Kier molecular flexibility index (Phi) is 3.41. The highest BCUT2D eigenvalue weighted by atomic mass is 35.5. The largest absolute Gasteiger partial charge is 0.440 e. The van der Waals surface area contributed by atoms with E-state index in [1.165, 1.54) is 0 Å². The summed E-state index contributed by atoms with van der Waals surface area (Å²) in [7, 11) is 0. The smallest absolute Gasteiger partial charge is 0.205 e. The van der Waals surface area contributed by atoms with E-state index >= 15 is 0 Å². The van der Waals surface area contributed by atoms with E-state index in [9.17, 15) is 5.26 Å². The molecule has 4 heteroatoms. The molecule has 4 rings (SSSR count). The number of nitrogens with two attached hydrogens (primary N) is 1. The van der Waals surface area contributed by atoms with Crippen molar-refractivity contribution in [1.29, 1.82) is 5.26 Å². The second-order valence-electron chi connectivity index (χ2n) is 5.66. The molecule has 0 radical (unpaired) electrons. The number of hydrogen-bond acceptors (Lipinski definition) is 3. The predicted molar refractivity (Wildman–Crippen MR) is 94.7 cm³/mol. The number of rotatable bonds is 1. The topological polar surface area (TPSA) is 59.0 Å². The van der Waals surface area contributed by atoms with Crippen molar-refractivity contribution < 1.29 is 4.74 Å². The first-order valence-corrected chi connectivity index (χ1v) is 7.92. The molecule has 1 unspecified atom stereocenters. The van der Waals surface area contributed by atoms with Gasteiger partial charge in [-0.1, -0.05) is 66.2 Å². The van der Waals surface area contributed by atoms with Crippen LogP contribution in [0.3, 0.4) is 0 Å². The molecule has 0 aromatic heterocycles. The van der Waals surface area contributed by atoms with Crippen molar-refractivity contribution in [2.75, 3.05) is 0 Å². The van der Waals surface area contributed by atoms with E-state index in [0.29, 0.717) is 16.3 Å². The van der Waals surface area contributed by atoms with Crippen LogP contribution in [0, 0.1) is 11.3 Å². The second kappa shape index (κ2) is 5.59. The summed E-state index contributed by atoms with van der Waals surface area (Å²) in [6, 6.07) is 21.6. The summed E-state index contributed by atoms with van der Waals surface area (Å²) < 4.78 is 5.83. The molecule has 0 aliphatic carbocycles. The number of ether oxygens (including phenoxy) is 1. The number of nitriles is 1. The molecule has 0 saturated carbocycles. The van der Waals surface area contributed by atoms with Crippen LogP contribution < -0.4 is 10.5 Å². The van der Waals surface area contributed by atoms with E-state index in [0.717, 1.165) is 21.9 Å². The Morgan fingerprint density at radius 1 is 1.00 bits per heavy atom. The molecular formula is C20H13ClN2O. The molecule has 116 valence electrons. The predicted octanol–water partition coefficient (Wildman–Crippen LogP) is 4.71. The van der Waals surface area contributed by atoms with Crippen LogP contribution in [0.15, 0.2) is 72.1 Å². The zero-order valence-electron chi connectivity index (χ0n) is 12.7. The lowest BCUT2D eigenvalue weighted by Gasteiger charge is -2.28. The number of fused-ring (bicyclic) bond motifs is 3. The molecule has 0 bridgehead atoms. The fourth-order valence-corrected chi connectivity index (χ4v) is 3.51. The van der Waals surface area contributed by atoms with Crippen LogP contribution in [-0.2, 0) is 0 Å². The van der Waals surface area contributed by atoms with Gasteiger partial charge in [0.2, 0.25) is 5.88 Å². The highest BCUT2D eigenvalue weighted by molar-refractivity contribution is 6.36. The lowest BCUT2D eigenvalue weighted by Crippen LogP contribution is -2.21. The number of halogens is 1. The first-order valence-electron chi connectivity index (χ1n) is 7.54. The van der Waals surface area contributed by atoms with Gasteiger partial charge < -0.3 is 10.5 Å². The third-order valence-electron chi connectivity index (χ3n) is 4.30. The Balaban J connectivity index is 2.07. The number of allylic oxidation sites excluding steroid dienone is 1. The molecule has 3 aromatic carbocycles. The van der Waals surface area contributed by atoms with Crippen molar-refractivity contribution in [3.63, 3.8) is 0 Å². The van der Waals surface area contributed by atoms with Gasteiger partial charge in [-0.05, 0) is 11.6 Å². The van der Waals surface area contributed by atoms with Gasteiger partial charge in [-0.2, -0.15) is 5.26 Å². The molecule has 3 aromatic rings. The van der Waals surface area contributed by atoms with Crippen molar-refractivity contribution in [3.8, 4) is 11.8 Å². The normalized spacial score (nSPS) is 16.4. The molecule has 1 aliphatic heterocycles. The molecule has 24 heavy (non-hydrogen) atoms. The maximum absolute atomic E-state index is 9.60. The van der Waals surface area contributed by atoms with Crippen LogP contribution in [0.1, 0.15) is 17.0 Å². The van der Waals surface area contributed by atoms with Gasteiger partial charge in [0.15, 0.2) is 0 Å². The lowest BCUT2D eigenvalue weighted by molar-refractivity contribution is 0.398. The van der Waals surface area contributed by atoms with E-state index in [1.807, 2.05) is 60.7 Å². The molecule has 2 N–H and O–H groups in total. The van der Waals surface area contributed by atoms with Crippen LogP contribution in [0.5, 0.6) is 5.75 Å². The standard InChI is InChI=1S/C20H13ClN2O/c21-17-10-15-18(12-6-2-1-3-7-12)16(11-22)20(23)24-19(15)14-9-5-4-8-13(14)17/h1-10,18H,23H2. The average Bonchev–Trinajstić information content (AvgIpc) is 2.62. The van der Waals surface area contributed by atoms with Crippen LogP contribution in [0.4, 0.5) is 0 Å². The first-order chi connectivity index (χ1) is 11.7. The van der Waals surface area contributed by atoms with Gasteiger partial charge in [-0.15, -0.1) is 0 Å². The van der Waals surface area contributed by atoms with Crippen molar-refractivity contribution in [1.82, 2.24) is 0 Å². The summed E-state index contributed by atoms with van der Waals surface area (Å²) in [5, 5.41) is 12.0. The van der Waals surface area contributed by atoms with Gasteiger partial charge in [0.25, 0.3) is 0 Å². The van der Waals surface area contributed by atoms with Gasteiger partial charge in [0.1, 0.15) is 17.4 Å². The lowest BCUT2D eigenvalue weighted by atomic mass is 9.82. The molecule has 0 saturated heterocycles. The molecule has 3 nitrogen and oxygen atoms in total. The van der Waals surface area contributed by atoms with E-state index in [1.54, 1.807) is 0 Å². The number of nitrogens with zero attached hydrogens (tertiary/aromatic N) is 1. The minimum Gasteiger partial charge on any atom is -0.440 e. The van der Waals surface area contributed by atoms with Gasteiger partial charge in [-0.3, -0.25) is 0 Å². The average molecular weight is 333 g/mol. The van der Waals surface area contributed by atoms with Gasteiger partial charge in [0, 0.05) is 21.4 Å². The molecule has 0 spiro atoms. The van der Waals surface area contributed by atoms with Gasteiger partial charge in [-0.25, -0.2) is 0 Å². The van der Waals surface area contributed by atoms with E-state index in [4.69, 9.17) is 22.1 Å². The minimum atomic E-state index is -0.290. The second-order valence-corrected chi connectivity index (χ2v) is 6.07. The zero-order chi connectivity index (χ0) is 16.7. The van der Waals surface area contributed by atoms with Crippen LogP contribution in [0.2, 0.25) is 5.02 Å². The molecule has 0 amide bonds. The summed E-state index contributed by atoms with van der Waals surface area (Å²) in [5.41, 5.74) is 8.30. The Morgan fingerprint density at radius 2 is 1.67 bits per heavy atom. The van der Waals surface area contributed by atoms with E-state index in [-0.39, 0.29) is 11.8 Å². The minimum absolute atomic E-state index is 0.145. The third-order valence-corrected chi connectivity index (χ3v) is 4.62.